The van der Waals surface area contributed by atoms with Crippen molar-refractivity contribution in [1.82, 2.24) is 9.88 Å². The van der Waals surface area contributed by atoms with Gasteiger partial charge in [0.15, 0.2) is 5.13 Å². The van der Waals surface area contributed by atoms with E-state index in [0.29, 0.717) is 5.13 Å². The molecule has 7 heteroatoms. The van der Waals surface area contributed by atoms with Gasteiger partial charge in [0, 0.05) is 10.9 Å². The summed E-state index contributed by atoms with van der Waals surface area (Å²) in [4.78, 5) is 43.8. The third-order valence-electron chi connectivity index (χ3n) is 6.90. The summed E-state index contributed by atoms with van der Waals surface area (Å²) in [6.07, 6.45) is 4.97. The van der Waals surface area contributed by atoms with Crippen LogP contribution >= 0.6 is 11.3 Å². The SMILES string of the molecule is O=C(CN1C(=O)C2C3C=CC(C3)C2C1=O)Nc1nc(-c2ccc(-c3ccccc3)cc2)cs1. The molecule has 1 saturated heterocycles. The van der Waals surface area contributed by atoms with Crippen LogP contribution in [0.3, 0.4) is 0 Å². The van der Waals surface area contributed by atoms with E-state index in [1.54, 1.807) is 0 Å². The van der Waals surface area contributed by atoms with Gasteiger partial charge in [-0.3, -0.25) is 19.3 Å². The first-order chi connectivity index (χ1) is 16.1. The number of benzene rings is 2. The first-order valence-corrected chi connectivity index (χ1v) is 11.9. The molecule has 2 bridgehead atoms. The average Bonchev–Trinajstić information content (AvgIpc) is 3.62. The highest BCUT2D eigenvalue weighted by molar-refractivity contribution is 7.14. The number of allylic oxidation sites excluding steroid dienone is 2. The highest BCUT2D eigenvalue weighted by atomic mass is 32.1. The Morgan fingerprint density at radius 2 is 1.52 bits per heavy atom. The second-order valence-corrected chi connectivity index (χ2v) is 9.65. The van der Waals surface area contributed by atoms with E-state index in [9.17, 15) is 14.4 Å². The summed E-state index contributed by atoms with van der Waals surface area (Å²) in [6, 6.07) is 18.2. The van der Waals surface area contributed by atoms with Crippen LogP contribution in [0.15, 0.2) is 72.1 Å². The molecule has 3 amide bonds. The molecule has 3 aromatic rings. The molecule has 6 nitrogen and oxygen atoms in total. The molecule has 2 heterocycles. The van der Waals surface area contributed by atoms with Gasteiger partial charge in [-0.15, -0.1) is 11.3 Å². The van der Waals surface area contributed by atoms with Gasteiger partial charge in [0.2, 0.25) is 17.7 Å². The van der Waals surface area contributed by atoms with Crippen LogP contribution in [0.5, 0.6) is 0 Å². The first-order valence-electron chi connectivity index (χ1n) is 11.0. The number of carbonyl (C=O) groups is 3. The zero-order valence-electron chi connectivity index (χ0n) is 17.7. The normalized spacial score (nSPS) is 25.0. The largest absolute Gasteiger partial charge is 0.300 e. The number of nitrogens with one attached hydrogen (secondary N) is 1. The van der Waals surface area contributed by atoms with Crippen LogP contribution in [-0.4, -0.2) is 34.2 Å². The summed E-state index contributed by atoms with van der Waals surface area (Å²) < 4.78 is 0. The number of nitrogens with zero attached hydrogens (tertiary/aromatic N) is 2. The predicted octanol–water partition coefficient (Wildman–Crippen LogP) is 4.22. The second kappa shape index (κ2) is 7.78. The fourth-order valence-corrected chi connectivity index (χ4v) is 6.09. The van der Waals surface area contributed by atoms with Crippen molar-refractivity contribution in [2.75, 3.05) is 11.9 Å². The number of carbonyl (C=O) groups excluding carboxylic acids is 3. The lowest BCUT2D eigenvalue weighted by Gasteiger charge is -2.16. The lowest BCUT2D eigenvalue weighted by Crippen LogP contribution is -2.39. The smallest absolute Gasteiger partial charge is 0.246 e. The third kappa shape index (κ3) is 3.40. The van der Waals surface area contributed by atoms with Gasteiger partial charge >= 0.3 is 0 Å². The number of hydrogen-bond acceptors (Lipinski definition) is 5. The lowest BCUT2D eigenvalue weighted by atomic mass is 9.85. The van der Waals surface area contributed by atoms with Crippen molar-refractivity contribution < 1.29 is 14.4 Å². The number of amides is 3. The highest BCUT2D eigenvalue weighted by Gasteiger charge is 2.59. The van der Waals surface area contributed by atoms with Gasteiger partial charge in [0.25, 0.3) is 0 Å². The van der Waals surface area contributed by atoms with Crippen molar-refractivity contribution in [3.63, 3.8) is 0 Å². The summed E-state index contributed by atoms with van der Waals surface area (Å²) >= 11 is 1.32. The van der Waals surface area contributed by atoms with Gasteiger partial charge < -0.3 is 5.32 Å². The fraction of sp³-hybridized carbons (Fsp3) is 0.231. The first kappa shape index (κ1) is 20.1. The van der Waals surface area contributed by atoms with E-state index in [1.165, 1.54) is 11.3 Å². The molecule has 3 aliphatic rings. The topological polar surface area (TPSA) is 79.4 Å². The Bertz CT molecular complexity index is 1250. The molecule has 4 unspecified atom stereocenters. The number of rotatable bonds is 5. The maximum Gasteiger partial charge on any atom is 0.246 e. The van der Waals surface area contributed by atoms with Crippen LogP contribution in [0.1, 0.15) is 6.42 Å². The van der Waals surface area contributed by atoms with Crippen LogP contribution in [0, 0.1) is 23.7 Å². The van der Waals surface area contributed by atoms with Gasteiger partial charge in [-0.2, -0.15) is 0 Å². The van der Waals surface area contributed by atoms with Gasteiger partial charge in [0.1, 0.15) is 6.54 Å². The molecule has 2 aliphatic carbocycles. The van der Waals surface area contributed by atoms with Crippen LogP contribution in [0.2, 0.25) is 0 Å². The van der Waals surface area contributed by atoms with Crippen LogP contribution in [-0.2, 0) is 14.4 Å². The quantitative estimate of drug-likeness (QED) is 0.461. The van der Waals surface area contributed by atoms with E-state index in [0.717, 1.165) is 33.7 Å². The summed E-state index contributed by atoms with van der Waals surface area (Å²) in [7, 11) is 0. The minimum absolute atomic E-state index is 0.138. The Balaban J connectivity index is 1.11. The number of aromatic nitrogens is 1. The van der Waals surface area contributed by atoms with Gasteiger partial charge in [-0.25, -0.2) is 4.98 Å². The van der Waals surface area contributed by atoms with Gasteiger partial charge in [-0.05, 0) is 29.4 Å². The Hall–Kier alpha value is -3.58. The average molecular weight is 456 g/mol. The van der Waals surface area contributed by atoms with Gasteiger partial charge in [-0.1, -0.05) is 66.7 Å². The fourth-order valence-electron chi connectivity index (χ4n) is 5.35. The molecule has 1 aliphatic heterocycles. The molecule has 1 aromatic heterocycles. The standard InChI is InChI=1S/C26H21N3O3S/c30-21(13-29-24(31)22-18-10-11-19(12-18)23(22)25(29)32)28-26-27-20(14-33-26)17-8-6-16(7-9-17)15-4-2-1-3-5-15/h1-11,14,18-19,22-23H,12-13H2,(H,27,28,30). The molecule has 0 radical (unpaired) electrons. The van der Waals surface area contributed by atoms with Crippen molar-refractivity contribution in [3.05, 3.63) is 72.1 Å². The van der Waals surface area contributed by atoms with E-state index in [2.05, 4.69) is 22.4 Å². The molecule has 1 saturated carbocycles. The van der Waals surface area contributed by atoms with E-state index in [4.69, 9.17) is 0 Å². The summed E-state index contributed by atoms with van der Waals surface area (Å²) in [5, 5.41) is 5.08. The number of hydrogen-bond donors (Lipinski definition) is 1. The van der Waals surface area contributed by atoms with E-state index >= 15 is 0 Å². The van der Waals surface area contributed by atoms with Gasteiger partial charge in [0.05, 0.1) is 17.5 Å². The number of thiazole rings is 1. The molecule has 0 spiro atoms. The molecule has 164 valence electrons. The third-order valence-corrected chi connectivity index (χ3v) is 7.66. The molecule has 6 rings (SSSR count). The zero-order chi connectivity index (χ0) is 22.5. The van der Waals surface area contributed by atoms with Crippen LogP contribution in [0.4, 0.5) is 5.13 Å². The predicted molar refractivity (Wildman–Crippen MR) is 126 cm³/mol. The number of anilines is 1. The van der Waals surface area contributed by atoms with Crippen LogP contribution in [0.25, 0.3) is 22.4 Å². The Morgan fingerprint density at radius 1 is 0.909 bits per heavy atom. The number of fused-ring (bicyclic) bond motifs is 5. The molecule has 1 N–H and O–H groups in total. The minimum Gasteiger partial charge on any atom is -0.300 e. The molecular weight excluding hydrogens is 434 g/mol. The molecule has 2 aromatic carbocycles. The van der Waals surface area contributed by atoms with E-state index in [-0.39, 0.29) is 42.0 Å². The maximum atomic E-state index is 12.8. The lowest BCUT2D eigenvalue weighted by molar-refractivity contribution is -0.143. The monoisotopic (exact) mass is 455 g/mol. The molecule has 2 fully saturated rings. The van der Waals surface area contributed by atoms with E-state index < -0.39 is 5.91 Å². The highest BCUT2D eigenvalue weighted by Crippen LogP contribution is 2.52. The maximum absolute atomic E-state index is 12.8. The van der Waals surface area contributed by atoms with Crippen molar-refractivity contribution in [1.29, 1.82) is 0 Å². The number of imide groups is 1. The Kier molecular flexibility index (Phi) is 4.73. The molecule has 4 atom stereocenters. The van der Waals surface area contributed by atoms with E-state index in [1.807, 2.05) is 60.0 Å². The molecule has 33 heavy (non-hydrogen) atoms. The summed E-state index contributed by atoms with van der Waals surface area (Å²) in [5.74, 6) is -1.13. The second-order valence-electron chi connectivity index (χ2n) is 8.79. The molecular formula is C26H21N3O3S. The summed E-state index contributed by atoms with van der Waals surface area (Å²) in [6.45, 7) is -0.259. The minimum atomic E-state index is -0.405. The van der Waals surface area contributed by atoms with Crippen LogP contribution < -0.4 is 5.32 Å². The zero-order valence-corrected chi connectivity index (χ0v) is 18.5. The van der Waals surface area contributed by atoms with Crippen molar-refractivity contribution in [2.24, 2.45) is 23.7 Å². The Morgan fingerprint density at radius 3 is 2.18 bits per heavy atom. The van der Waals surface area contributed by atoms with Crippen molar-refractivity contribution >= 4 is 34.2 Å². The van der Waals surface area contributed by atoms with Crippen molar-refractivity contribution in [3.8, 4) is 22.4 Å². The van der Waals surface area contributed by atoms with Crippen molar-refractivity contribution in [2.45, 2.75) is 6.42 Å². The number of likely N-dealkylation sites (tertiary alicyclic amines) is 1. The Labute approximate surface area is 195 Å². The summed E-state index contributed by atoms with van der Waals surface area (Å²) in [5.41, 5.74) is 3.98.